The Labute approximate surface area is 159 Å². The number of benzene rings is 1. The SMILES string of the molecule is CS(=O)(=O)N1CCC(NC(=O)CCCCc2cccs2)c2ccccc21. The summed E-state index contributed by atoms with van der Waals surface area (Å²) in [5.74, 6) is 0.0313. The zero-order chi connectivity index (χ0) is 18.6. The molecule has 1 atom stereocenters. The average molecular weight is 393 g/mol. The van der Waals surface area contributed by atoms with Crippen LogP contribution >= 0.6 is 11.3 Å². The molecule has 0 fully saturated rings. The second kappa shape index (κ2) is 8.22. The van der Waals surface area contributed by atoms with Crippen LogP contribution in [-0.2, 0) is 21.2 Å². The number of nitrogens with one attached hydrogen (secondary N) is 1. The molecule has 1 aliphatic heterocycles. The Kier molecular flexibility index (Phi) is 5.98. The van der Waals surface area contributed by atoms with Crippen LogP contribution in [-0.4, -0.2) is 27.1 Å². The van der Waals surface area contributed by atoms with Crippen molar-refractivity contribution in [3.8, 4) is 0 Å². The van der Waals surface area contributed by atoms with Gasteiger partial charge >= 0.3 is 0 Å². The van der Waals surface area contributed by atoms with Crippen molar-refractivity contribution in [2.75, 3.05) is 17.1 Å². The Morgan fingerprint density at radius 1 is 1.23 bits per heavy atom. The molecule has 7 heteroatoms. The van der Waals surface area contributed by atoms with Gasteiger partial charge in [-0.1, -0.05) is 24.3 Å². The minimum atomic E-state index is -3.31. The van der Waals surface area contributed by atoms with Crippen molar-refractivity contribution in [2.45, 2.75) is 38.1 Å². The Morgan fingerprint density at radius 3 is 2.77 bits per heavy atom. The normalized spacial score (nSPS) is 17.0. The molecule has 1 N–H and O–H groups in total. The molecule has 2 aromatic rings. The lowest BCUT2D eigenvalue weighted by molar-refractivity contribution is -0.122. The number of thiophene rings is 1. The van der Waals surface area contributed by atoms with Gasteiger partial charge in [-0.3, -0.25) is 9.10 Å². The minimum Gasteiger partial charge on any atom is -0.349 e. The maximum absolute atomic E-state index is 12.3. The zero-order valence-corrected chi connectivity index (χ0v) is 16.5. The van der Waals surface area contributed by atoms with Crippen molar-refractivity contribution in [3.05, 3.63) is 52.2 Å². The summed E-state index contributed by atoms with van der Waals surface area (Å²) in [4.78, 5) is 13.7. The van der Waals surface area contributed by atoms with E-state index >= 15 is 0 Å². The summed E-state index contributed by atoms with van der Waals surface area (Å²) >= 11 is 1.75. The van der Waals surface area contributed by atoms with Crippen LogP contribution in [0.1, 0.15) is 42.2 Å². The van der Waals surface area contributed by atoms with Crippen LogP contribution in [0.2, 0.25) is 0 Å². The highest BCUT2D eigenvalue weighted by molar-refractivity contribution is 7.92. The Morgan fingerprint density at radius 2 is 2.04 bits per heavy atom. The van der Waals surface area contributed by atoms with E-state index in [0.29, 0.717) is 25.1 Å². The van der Waals surface area contributed by atoms with Gasteiger partial charge in [0.15, 0.2) is 0 Å². The number of anilines is 1. The van der Waals surface area contributed by atoms with Gasteiger partial charge in [0.1, 0.15) is 0 Å². The summed E-state index contributed by atoms with van der Waals surface area (Å²) in [7, 11) is -3.31. The molecule has 0 saturated heterocycles. The number of aryl methyl sites for hydroxylation is 1. The van der Waals surface area contributed by atoms with Crippen molar-refractivity contribution in [2.24, 2.45) is 0 Å². The number of para-hydroxylation sites is 1. The first kappa shape index (κ1) is 18.9. The molecule has 0 saturated carbocycles. The molecule has 5 nitrogen and oxygen atoms in total. The fourth-order valence-corrected chi connectivity index (χ4v) is 5.04. The highest BCUT2D eigenvalue weighted by Crippen LogP contribution is 2.35. The first-order valence-corrected chi connectivity index (χ1v) is 11.6. The molecule has 1 unspecified atom stereocenters. The molecular weight excluding hydrogens is 368 g/mol. The molecule has 26 heavy (non-hydrogen) atoms. The number of sulfonamides is 1. The number of carbonyl (C=O) groups excluding carboxylic acids is 1. The number of unbranched alkanes of at least 4 members (excludes halogenated alkanes) is 1. The summed E-state index contributed by atoms with van der Waals surface area (Å²) in [6.45, 7) is 0.388. The average Bonchev–Trinajstić information content (AvgIpc) is 3.11. The third-order valence-corrected chi connectivity index (χ3v) is 6.71. The van der Waals surface area contributed by atoms with Crippen LogP contribution in [0.4, 0.5) is 5.69 Å². The van der Waals surface area contributed by atoms with Gasteiger partial charge in [-0.2, -0.15) is 0 Å². The van der Waals surface area contributed by atoms with E-state index in [1.807, 2.05) is 24.3 Å². The lowest BCUT2D eigenvalue weighted by atomic mass is 9.97. The first-order chi connectivity index (χ1) is 12.4. The number of hydrogen-bond acceptors (Lipinski definition) is 4. The predicted octanol–water partition coefficient (Wildman–Crippen LogP) is 3.49. The maximum Gasteiger partial charge on any atom is 0.232 e. The highest BCUT2D eigenvalue weighted by Gasteiger charge is 2.30. The fourth-order valence-electron chi connectivity index (χ4n) is 3.33. The summed E-state index contributed by atoms with van der Waals surface area (Å²) in [6.07, 6.45) is 5.17. The second-order valence-corrected chi connectivity index (χ2v) is 9.53. The van der Waals surface area contributed by atoms with Crippen LogP contribution < -0.4 is 9.62 Å². The van der Waals surface area contributed by atoms with Crippen molar-refractivity contribution < 1.29 is 13.2 Å². The number of amides is 1. The van der Waals surface area contributed by atoms with E-state index in [4.69, 9.17) is 0 Å². The van der Waals surface area contributed by atoms with Crippen LogP contribution in [0.15, 0.2) is 41.8 Å². The van der Waals surface area contributed by atoms with Crippen molar-refractivity contribution >= 4 is 33.0 Å². The smallest absolute Gasteiger partial charge is 0.232 e. The quantitative estimate of drug-likeness (QED) is 0.734. The van der Waals surface area contributed by atoms with Crippen LogP contribution in [0, 0.1) is 0 Å². The van der Waals surface area contributed by atoms with Gasteiger partial charge < -0.3 is 5.32 Å². The van der Waals surface area contributed by atoms with E-state index in [0.717, 1.165) is 24.8 Å². The maximum atomic E-state index is 12.3. The van der Waals surface area contributed by atoms with E-state index < -0.39 is 10.0 Å². The lowest BCUT2D eigenvalue weighted by Crippen LogP contribution is -2.40. The van der Waals surface area contributed by atoms with E-state index in [1.54, 1.807) is 17.4 Å². The third-order valence-electron chi connectivity index (χ3n) is 4.59. The van der Waals surface area contributed by atoms with Gasteiger partial charge in [0, 0.05) is 17.8 Å². The Bertz CT molecular complexity index is 847. The van der Waals surface area contributed by atoms with E-state index in [1.165, 1.54) is 15.4 Å². The van der Waals surface area contributed by atoms with E-state index in [-0.39, 0.29) is 11.9 Å². The van der Waals surface area contributed by atoms with Crippen molar-refractivity contribution in [1.29, 1.82) is 0 Å². The van der Waals surface area contributed by atoms with Crippen LogP contribution in [0.5, 0.6) is 0 Å². The molecule has 0 spiro atoms. The molecule has 1 amide bonds. The summed E-state index contributed by atoms with van der Waals surface area (Å²) in [6, 6.07) is 11.4. The molecule has 1 aromatic heterocycles. The number of fused-ring (bicyclic) bond motifs is 1. The van der Waals surface area contributed by atoms with Gasteiger partial charge in [-0.15, -0.1) is 11.3 Å². The topological polar surface area (TPSA) is 66.5 Å². The molecule has 0 bridgehead atoms. The standard InChI is InChI=1S/C19H24N2O3S2/c1-26(23,24)21-13-12-17(16-9-3-4-10-18(16)21)20-19(22)11-5-2-7-15-8-6-14-25-15/h3-4,6,8-10,14,17H,2,5,7,11-13H2,1H3,(H,20,22). The van der Waals surface area contributed by atoms with Gasteiger partial charge in [-0.25, -0.2) is 8.42 Å². The Hall–Kier alpha value is -1.86. The molecular formula is C19H24N2O3S2. The molecule has 2 heterocycles. The molecule has 0 radical (unpaired) electrons. The minimum absolute atomic E-state index is 0.0313. The summed E-state index contributed by atoms with van der Waals surface area (Å²) in [5.41, 5.74) is 1.54. The van der Waals surface area contributed by atoms with Gasteiger partial charge in [0.2, 0.25) is 15.9 Å². The molecule has 140 valence electrons. The molecule has 1 aliphatic rings. The number of hydrogen-bond donors (Lipinski definition) is 1. The van der Waals surface area contributed by atoms with Gasteiger partial charge in [0.25, 0.3) is 0 Å². The zero-order valence-electron chi connectivity index (χ0n) is 14.8. The molecule has 0 aliphatic carbocycles. The van der Waals surface area contributed by atoms with Crippen molar-refractivity contribution in [3.63, 3.8) is 0 Å². The first-order valence-electron chi connectivity index (χ1n) is 8.83. The summed E-state index contributed by atoms with van der Waals surface area (Å²) < 4.78 is 25.4. The molecule has 1 aromatic carbocycles. The van der Waals surface area contributed by atoms with E-state index in [2.05, 4.69) is 16.8 Å². The number of carbonyl (C=O) groups is 1. The van der Waals surface area contributed by atoms with Crippen LogP contribution in [0.3, 0.4) is 0 Å². The summed E-state index contributed by atoms with van der Waals surface area (Å²) in [5, 5.41) is 5.15. The monoisotopic (exact) mass is 392 g/mol. The third kappa shape index (κ3) is 4.65. The Balaban J connectivity index is 1.56. The molecule has 3 rings (SSSR count). The van der Waals surface area contributed by atoms with Crippen molar-refractivity contribution in [1.82, 2.24) is 5.32 Å². The second-order valence-electron chi connectivity index (χ2n) is 6.59. The predicted molar refractivity (Wildman–Crippen MR) is 106 cm³/mol. The highest BCUT2D eigenvalue weighted by atomic mass is 32.2. The number of nitrogens with zero attached hydrogens (tertiary/aromatic N) is 1. The fraction of sp³-hybridized carbons (Fsp3) is 0.421. The lowest BCUT2D eigenvalue weighted by Gasteiger charge is -2.34. The van der Waals surface area contributed by atoms with Gasteiger partial charge in [-0.05, 0) is 48.8 Å². The van der Waals surface area contributed by atoms with E-state index in [9.17, 15) is 13.2 Å². The van der Waals surface area contributed by atoms with Crippen LogP contribution in [0.25, 0.3) is 0 Å². The number of rotatable bonds is 7. The van der Waals surface area contributed by atoms with Gasteiger partial charge in [0.05, 0.1) is 18.0 Å². The largest absolute Gasteiger partial charge is 0.349 e.